The van der Waals surface area contributed by atoms with Crippen molar-refractivity contribution in [3.63, 3.8) is 0 Å². The summed E-state index contributed by atoms with van der Waals surface area (Å²) in [6.07, 6.45) is 5.54. The lowest BCUT2D eigenvalue weighted by molar-refractivity contribution is 0.0924. The first-order valence-corrected chi connectivity index (χ1v) is 12.7. The molecule has 3 aromatic rings. The first-order valence-electron chi connectivity index (χ1n) is 12.7. The average Bonchev–Trinajstić information content (AvgIpc) is 3.46. The summed E-state index contributed by atoms with van der Waals surface area (Å²) in [6.45, 7) is 2.58. The van der Waals surface area contributed by atoms with Crippen LogP contribution in [0.2, 0.25) is 0 Å². The van der Waals surface area contributed by atoms with Gasteiger partial charge >= 0.3 is 6.09 Å². The van der Waals surface area contributed by atoms with Crippen molar-refractivity contribution in [2.75, 3.05) is 13.4 Å². The monoisotopic (exact) mass is 507 g/mol. The molecule has 1 aliphatic heterocycles. The van der Waals surface area contributed by atoms with E-state index in [2.05, 4.69) is 25.6 Å². The van der Waals surface area contributed by atoms with E-state index in [4.69, 9.17) is 19.3 Å². The van der Waals surface area contributed by atoms with Crippen LogP contribution in [0, 0.1) is 12.8 Å². The van der Waals surface area contributed by atoms with Crippen molar-refractivity contribution in [1.82, 2.24) is 25.6 Å². The highest BCUT2D eigenvalue weighted by Crippen LogP contribution is 2.48. The Morgan fingerprint density at radius 3 is 2.57 bits per heavy atom. The van der Waals surface area contributed by atoms with Gasteiger partial charge in [0, 0.05) is 17.8 Å². The molecule has 3 heterocycles. The van der Waals surface area contributed by atoms with E-state index in [0.29, 0.717) is 89.0 Å². The molecule has 2 aromatic heterocycles. The van der Waals surface area contributed by atoms with Crippen molar-refractivity contribution < 1.29 is 28.9 Å². The first kappa shape index (κ1) is 23.4. The van der Waals surface area contributed by atoms with Gasteiger partial charge in [0.25, 0.3) is 5.91 Å². The van der Waals surface area contributed by atoms with Crippen LogP contribution in [0.5, 0.6) is 17.2 Å². The van der Waals surface area contributed by atoms with E-state index in [9.17, 15) is 9.59 Å². The van der Waals surface area contributed by atoms with Gasteiger partial charge in [-0.3, -0.25) is 4.79 Å². The molecule has 0 atom stereocenters. The molecule has 11 nitrogen and oxygen atoms in total. The third-order valence-corrected chi connectivity index (χ3v) is 7.30. The van der Waals surface area contributed by atoms with E-state index in [1.165, 1.54) is 19.2 Å². The van der Waals surface area contributed by atoms with Gasteiger partial charge in [-0.2, -0.15) is 0 Å². The van der Waals surface area contributed by atoms with Gasteiger partial charge in [-0.15, -0.1) is 0 Å². The number of amides is 2. The molecule has 0 saturated heterocycles. The summed E-state index contributed by atoms with van der Waals surface area (Å²) < 4.78 is 17.6. The predicted molar refractivity (Wildman–Crippen MR) is 133 cm³/mol. The van der Waals surface area contributed by atoms with Crippen LogP contribution < -0.4 is 24.8 Å². The molecule has 3 aliphatic rings. The highest BCUT2D eigenvalue weighted by Gasteiger charge is 2.30. The fraction of sp³-hybridized carbons (Fsp3) is 0.462. The number of carbonyl (C=O) groups excluding carboxylic acids is 1. The van der Waals surface area contributed by atoms with Crippen LogP contribution in [0.4, 0.5) is 4.79 Å². The lowest BCUT2D eigenvalue weighted by Gasteiger charge is -2.28. The number of aryl methyl sites for hydroxylation is 1. The molecule has 194 valence electrons. The number of nitrogens with one attached hydrogen (secondary N) is 3. The minimum Gasteiger partial charge on any atom is -0.492 e. The topological polar surface area (TPSA) is 148 Å². The highest BCUT2D eigenvalue weighted by atomic mass is 16.7. The Kier molecular flexibility index (Phi) is 5.97. The highest BCUT2D eigenvalue weighted by molar-refractivity contribution is 6.09. The number of hydrogen-bond acceptors (Lipinski definition) is 7. The number of nitrogens with zero attached hydrogens (tertiary/aromatic N) is 2. The standard InChI is InChI=1S/C26H29N5O6/c1-13-19(25(32)30-15-4-6-16(7-5-15)31-26(33)34)21-23(29-13)22(28-11-27-21)20-17(35-10-14-2-3-14)8-9-18-24(20)37-12-36-18/h8-9,11,14-16,29,31H,2-7,10,12H2,1H3,(H,30,32)(H,33,34). The molecular formula is C26H29N5O6. The summed E-state index contributed by atoms with van der Waals surface area (Å²) in [5.41, 5.74) is 3.56. The van der Waals surface area contributed by atoms with Gasteiger partial charge < -0.3 is 34.9 Å². The average molecular weight is 508 g/mol. The second-order valence-electron chi connectivity index (χ2n) is 9.97. The summed E-state index contributed by atoms with van der Waals surface area (Å²) in [7, 11) is 0. The van der Waals surface area contributed by atoms with E-state index < -0.39 is 6.09 Å². The van der Waals surface area contributed by atoms with E-state index in [-0.39, 0.29) is 24.8 Å². The Morgan fingerprint density at radius 1 is 1.08 bits per heavy atom. The molecule has 37 heavy (non-hydrogen) atoms. The van der Waals surface area contributed by atoms with E-state index >= 15 is 0 Å². The Balaban J connectivity index is 1.30. The van der Waals surface area contributed by atoms with Crippen molar-refractivity contribution in [1.29, 1.82) is 0 Å². The molecule has 0 unspecified atom stereocenters. The minimum absolute atomic E-state index is 0.0321. The maximum atomic E-state index is 13.4. The molecule has 0 bridgehead atoms. The normalized spacial score (nSPS) is 20.6. The number of carboxylic acid groups (broad SMARTS) is 1. The molecule has 11 heteroatoms. The second-order valence-corrected chi connectivity index (χ2v) is 9.97. The van der Waals surface area contributed by atoms with Crippen molar-refractivity contribution in [2.24, 2.45) is 5.92 Å². The Morgan fingerprint density at radius 2 is 1.84 bits per heavy atom. The van der Waals surface area contributed by atoms with E-state index in [0.717, 1.165) is 0 Å². The molecule has 2 fully saturated rings. The van der Waals surface area contributed by atoms with Crippen molar-refractivity contribution >= 4 is 23.0 Å². The summed E-state index contributed by atoms with van der Waals surface area (Å²) in [6, 6.07) is 3.60. The van der Waals surface area contributed by atoms with Gasteiger partial charge in [0.1, 0.15) is 23.3 Å². The van der Waals surface area contributed by atoms with Crippen LogP contribution in [-0.4, -0.2) is 57.5 Å². The summed E-state index contributed by atoms with van der Waals surface area (Å²) in [4.78, 5) is 36.7. The van der Waals surface area contributed by atoms with Crippen LogP contribution in [0.3, 0.4) is 0 Å². The first-order chi connectivity index (χ1) is 18.0. The lowest BCUT2D eigenvalue weighted by Crippen LogP contribution is -2.43. The third-order valence-electron chi connectivity index (χ3n) is 7.30. The number of H-pyrrole nitrogens is 1. The van der Waals surface area contributed by atoms with Crippen molar-refractivity contribution in [3.05, 3.63) is 29.7 Å². The van der Waals surface area contributed by atoms with Crippen LogP contribution in [0.25, 0.3) is 22.3 Å². The number of benzene rings is 1. The Labute approximate surface area is 212 Å². The number of aromatic amines is 1. The summed E-state index contributed by atoms with van der Waals surface area (Å²) in [5.74, 6) is 2.20. The molecule has 6 rings (SSSR count). The van der Waals surface area contributed by atoms with Crippen molar-refractivity contribution in [2.45, 2.75) is 57.5 Å². The molecular weight excluding hydrogens is 478 g/mol. The number of fused-ring (bicyclic) bond motifs is 2. The quantitative estimate of drug-likeness (QED) is 0.378. The van der Waals surface area contributed by atoms with Gasteiger partial charge in [-0.1, -0.05) is 0 Å². The van der Waals surface area contributed by atoms with Gasteiger partial charge in [-0.25, -0.2) is 14.8 Å². The number of hydrogen-bond donors (Lipinski definition) is 4. The second kappa shape index (κ2) is 9.45. The molecule has 0 spiro atoms. The summed E-state index contributed by atoms with van der Waals surface area (Å²) in [5, 5.41) is 14.6. The fourth-order valence-corrected chi connectivity index (χ4v) is 5.19. The largest absolute Gasteiger partial charge is 0.492 e. The van der Waals surface area contributed by atoms with Gasteiger partial charge in [0.05, 0.1) is 23.3 Å². The molecule has 2 saturated carbocycles. The number of carbonyl (C=O) groups is 2. The third kappa shape index (κ3) is 4.61. The predicted octanol–water partition coefficient (Wildman–Crippen LogP) is 3.76. The molecule has 4 N–H and O–H groups in total. The molecule has 2 amide bonds. The Bertz CT molecular complexity index is 1360. The zero-order valence-electron chi connectivity index (χ0n) is 20.5. The zero-order chi connectivity index (χ0) is 25.5. The zero-order valence-corrected chi connectivity index (χ0v) is 20.5. The fourth-order valence-electron chi connectivity index (χ4n) is 5.19. The molecule has 0 radical (unpaired) electrons. The van der Waals surface area contributed by atoms with E-state index in [1.54, 1.807) is 0 Å². The van der Waals surface area contributed by atoms with Crippen LogP contribution in [0.15, 0.2) is 18.5 Å². The lowest BCUT2D eigenvalue weighted by atomic mass is 9.91. The van der Waals surface area contributed by atoms with Gasteiger partial charge in [0.2, 0.25) is 6.79 Å². The van der Waals surface area contributed by atoms with Crippen LogP contribution >= 0.6 is 0 Å². The van der Waals surface area contributed by atoms with Gasteiger partial charge in [-0.05, 0) is 63.5 Å². The maximum absolute atomic E-state index is 13.4. The van der Waals surface area contributed by atoms with Crippen LogP contribution in [-0.2, 0) is 0 Å². The number of rotatable bonds is 7. The SMILES string of the molecule is Cc1[nH]c2c(-c3c(OCC4CC4)ccc4c3OCO4)ncnc2c1C(=O)NC1CCC(NC(=O)O)CC1. The minimum atomic E-state index is -1.01. The van der Waals surface area contributed by atoms with Gasteiger partial charge in [0.15, 0.2) is 11.5 Å². The maximum Gasteiger partial charge on any atom is 0.404 e. The van der Waals surface area contributed by atoms with Crippen LogP contribution in [0.1, 0.15) is 54.6 Å². The van der Waals surface area contributed by atoms with E-state index in [1.807, 2.05) is 19.1 Å². The smallest absolute Gasteiger partial charge is 0.404 e. The Hall–Kier alpha value is -4.02. The number of ether oxygens (including phenoxy) is 3. The summed E-state index contributed by atoms with van der Waals surface area (Å²) >= 11 is 0. The molecule has 2 aliphatic carbocycles. The molecule has 1 aromatic carbocycles. The number of aromatic nitrogens is 3. The van der Waals surface area contributed by atoms with Crippen molar-refractivity contribution in [3.8, 4) is 28.5 Å².